The number of amides is 4. The number of aldehydes is 1. The van der Waals surface area contributed by atoms with Gasteiger partial charge in [-0.2, -0.15) is 0 Å². The Morgan fingerprint density at radius 1 is 1.18 bits per heavy atom. The standard InChI is InChI=1S/C20H25N5O7S/c1-14(27)12-15(13-26)21-19(29)17-8-5-10-24-18(28)9-11-23(20(30)25(17)24)22-33(31,32)16-6-3-2-4-7-16/h2-4,6-7,13,15,17,22H,5,8-12H2,1H3,(H,21,29)/t15-,17-/m0/s1. The molecule has 1 aromatic carbocycles. The van der Waals surface area contributed by atoms with Crippen molar-refractivity contribution in [3.8, 4) is 0 Å². The van der Waals surface area contributed by atoms with Gasteiger partial charge in [-0.05, 0) is 31.9 Å². The largest absolute Gasteiger partial charge is 0.354 e. The summed E-state index contributed by atoms with van der Waals surface area (Å²) in [6, 6.07) is 4.28. The summed E-state index contributed by atoms with van der Waals surface area (Å²) in [4.78, 5) is 63.6. The Bertz CT molecular complexity index is 1050. The molecule has 1 aromatic rings. The third kappa shape index (κ3) is 5.54. The van der Waals surface area contributed by atoms with Crippen molar-refractivity contribution < 1.29 is 32.4 Å². The number of fused-ring (bicyclic) bond motifs is 1. The maximum atomic E-state index is 13.3. The highest BCUT2D eigenvalue weighted by Gasteiger charge is 2.44. The SMILES string of the molecule is CC(=O)C[C@@H](C=O)NC(=O)[C@@H]1CCCN2C(=O)CCN(NS(=O)(=O)c3ccccc3)C(=O)N12. The number of carbonyl (C=O) groups is 5. The van der Waals surface area contributed by atoms with Crippen LogP contribution in [0, 0.1) is 0 Å². The molecule has 0 saturated carbocycles. The Morgan fingerprint density at radius 3 is 2.52 bits per heavy atom. The fourth-order valence-electron chi connectivity index (χ4n) is 3.72. The number of urea groups is 1. The Kier molecular flexibility index (Phi) is 7.43. The summed E-state index contributed by atoms with van der Waals surface area (Å²) in [6.07, 6.45) is 0.667. The third-order valence-electron chi connectivity index (χ3n) is 5.25. The molecule has 0 unspecified atom stereocenters. The minimum Gasteiger partial charge on any atom is -0.344 e. The van der Waals surface area contributed by atoms with Crippen LogP contribution in [0.1, 0.15) is 32.6 Å². The van der Waals surface area contributed by atoms with Gasteiger partial charge in [-0.15, -0.1) is 4.83 Å². The van der Waals surface area contributed by atoms with E-state index in [1.54, 1.807) is 6.07 Å². The van der Waals surface area contributed by atoms with Crippen LogP contribution in [0.4, 0.5) is 4.79 Å². The quantitative estimate of drug-likeness (QED) is 0.480. The Balaban J connectivity index is 1.85. The lowest BCUT2D eigenvalue weighted by molar-refractivity contribution is -0.155. The van der Waals surface area contributed by atoms with Gasteiger partial charge in [0.15, 0.2) is 0 Å². The molecule has 0 bridgehead atoms. The van der Waals surface area contributed by atoms with Crippen LogP contribution < -0.4 is 10.1 Å². The van der Waals surface area contributed by atoms with Gasteiger partial charge in [0.05, 0.1) is 10.9 Å². The molecule has 2 aliphatic rings. The van der Waals surface area contributed by atoms with E-state index in [0.717, 1.165) is 15.0 Å². The Hall–Kier alpha value is -3.32. The molecular weight excluding hydrogens is 454 g/mol. The number of carbonyl (C=O) groups excluding carboxylic acids is 5. The average Bonchev–Trinajstić information content (AvgIpc) is 2.90. The third-order valence-corrected chi connectivity index (χ3v) is 6.61. The molecule has 2 heterocycles. The first-order valence-electron chi connectivity index (χ1n) is 10.4. The predicted octanol–water partition coefficient (Wildman–Crippen LogP) is -0.424. The zero-order valence-corrected chi connectivity index (χ0v) is 18.8. The summed E-state index contributed by atoms with van der Waals surface area (Å²) < 4.78 is 25.5. The molecule has 0 aromatic heterocycles. The molecule has 2 aliphatic heterocycles. The minimum absolute atomic E-state index is 0.0729. The second-order valence-corrected chi connectivity index (χ2v) is 9.43. The van der Waals surface area contributed by atoms with Gasteiger partial charge in [-0.25, -0.2) is 28.2 Å². The number of hydrogen-bond acceptors (Lipinski definition) is 7. The number of Topliss-reactive ketones (excluding diaryl/α,β-unsaturated/α-hetero) is 1. The van der Waals surface area contributed by atoms with E-state index in [-0.39, 0.29) is 43.0 Å². The average molecular weight is 480 g/mol. The number of hydrogen-bond donors (Lipinski definition) is 2. The maximum absolute atomic E-state index is 13.3. The van der Waals surface area contributed by atoms with Crippen molar-refractivity contribution in [1.82, 2.24) is 25.2 Å². The zero-order chi connectivity index (χ0) is 24.2. The van der Waals surface area contributed by atoms with Crippen molar-refractivity contribution in [2.75, 3.05) is 13.1 Å². The fourth-order valence-corrected chi connectivity index (χ4v) is 4.80. The normalized spacial score (nSPS) is 20.0. The van der Waals surface area contributed by atoms with E-state index in [2.05, 4.69) is 10.1 Å². The van der Waals surface area contributed by atoms with E-state index in [9.17, 15) is 32.4 Å². The summed E-state index contributed by atoms with van der Waals surface area (Å²) in [5.41, 5.74) is 0. The lowest BCUT2D eigenvalue weighted by Crippen LogP contribution is -2.64. The second-order valence-electron chi connectivity index (χ2n) is 7.77. The molecule has 3 rings (SSSR count). The number of sulfonamides is 1. The maximum Gasteiger partial charge on any atom is 0.354 e. The van der Waals surface area contributed by atoms with Crippen LogP contribution in [0.25, 0.3) is 0 Å². The smallest absolute Gasteiger partial charge is 0.344 e. The van der Waals surface area contributed by atoms with Crippen molar-refractivity contribution in [2.45, 2.75) is 49.6 Å². The molecular formula is C20H25N5O7S. The summed E-state index contributed by atoms with van der Waals surface area (Å²) in [5, 5.41) is 5.28. The first kappa shape index (κ1) is 24.3. The fraction of sp³-hybridized carbons (Fsp3) is 0.450. The highest BCUT2D eigenvalue weighted by atomic mass is 32.2. The molecule has 33 heavy (non-hydrogen) atoms. The lowest BCUT2D eigenvalue weighted by atomic mass is 10.1. The van der Waals surface area contributed by atoms with E-state index >= 15 is 0 Å². The van der Waals surface area contributed by atoms with Crippen LogP contribution in [0.3, 0.4) is 0 Å². The molecule has 0 spiro atoms. The van der Waals surface area contributed by atoms with Crippen LogP contribution in [-0.2, 0) is 29.2 Å². The minimum atomic E-state index is -4.12. The van der Waals surface area contributed by atoms with Crippen LogP contribution in [0.2, 0.25) is 0 Å². The van der Waals surface area contributed by atoms with E-state index in [1.807, 2.05) is 0 Å². The molecule has 0 aliphatic carbocycles. The number of benzene rings is 1. The van der Waals surface area contributed by atoms with E-state index in [1.165, 1.54) is 31.2 Å². The van der Waals surface area contributed by atoms with Crippen molar-refractivity contribution in [3.63, 3.8) is 0 Å². The number of rotatable bonds is 8. The van der Waals surface area contributed by atoms with Gasteiger partial charge in [0.1, 0.15) is 18.1 Å². The van der Waals surface area contributed by atoms with Gasteiger partial charge in [-0.3, -0.25) is 14.4 Å². The van der Waals surface area contributed by atoms with E-state index < -0.39 is 40.0 Å². The van der Waals surface area contributed by atoms with Crippen LogP contribution in [0.15, 0.2) is 35.2 Å². The summed E-state index contributed by atoms with van der Waals surface area (Å²) in [7, 11) is -4.12. The molecule has 2 N–H and O–H groups in total. The molecule has 0 radical (unpaired) electrons. The molecule has 13 heteroatoms. The molecule has 12 nitrogen and oxygen atoms in total. The summed E-state index contributed by atoms with van der Waals surface area (Å²) >= 11 is 0. The Labute approximate surface area is 190 Å². The van der Waals surface area contributed by atoms with Crippen molar-refractivity contribution in [1.29, 1.82) is 0 Å². The van der Waals surface area contributed by atoms with Crippen molar-refractivity contribution >= 4 is 39.9 Å². The van der Waals surface area contributed by atoms with E-state index in [4.69, 9.17) is 0 Å². The molecule has 2 fully saturated rings. The van der Waals surface area contributed by atoms with Gasteiger partial charge in [-0.1, -0.05) is 18.2 Å². The molecule has 178 valence electrons. The van der Waals surface area contributed by atoms with Gasteiger partial charge >= 0.3 is 6.03 Å². The number of hydrazine groups is 2. The number of nitrogens with zero attached hydrogens (tertiary/aromatic N) is 3. The number of nitrogens with one attached hydrogen (secondary N) is 2. The topological polar surface area (TPSA) is 153 Å². The van der Waals surface area contributed by atoms with Gasteiger partial charge in [0.25, 0.3) is 10.0 Å². The van der Waals surface area contributed by atoms with Gasteiger partial charge in [0.2, 0.25) is 11.8 Å². The van der Waals surface area contributed by atoms with Gasteiger partial charge in [0, 0.05) is 25.9 Å². The Morgan fingerprint density at radius 2 is 1.88 bits per heavy atom. The summed E-state index contributed by atoms with van der Waals surface area (Å²) in [5.74, 6) is -1.47. The van der Waals surface area contributed by atoms with Crippen molar-refractivity contribution in [3.05, 3.63) is 30.3 Å². The zero-order valence-electron chi connectivity index (χ0n) is 18.0. The molecule has 4 amide bonds. The highest BCUT2D eigenvalue weighted by molar-refractivity contribution is 7.89. The predicted molar refractivity (Wildman–Crippen MR) is 113 cm³/mol. The highest BCUT2D eigenvalue weighted by Crippen LogP contribution is 2.24. The first-order chi connectivity index (χ1) is 15.6. The second kappa shape index (κ2) is 10.1. The van der Waals surface area contributed by atoms with Gasteiger partial charge < -0.3 is 10.1 Å². The molecule has 2 saturated heterocycles. The summed E-state index contributed by atoms with van der Waals surface area (Å²) in [6.45, 7) is 1.23. The monoisotopic (exact) mass is 479 g/mol. The van der Waals surface area contributed by atoms with Crippen LogP contribution in [0.5, 0.6) is 0 Å². The van der Waals surface area contributed by atoms with Crippen LogP contribution in [-0.4, -0.2) is 78.5 Å². The first-order valence-corrected chi connectivity index (χ1v) is 11.9. The van der Waals surface area contributed by atoms with E-state index in [0.29, 0.717) is 12.7 Å². The number of ketones is 1. The van der Waals surface area contributed by atoms with Crippen LogP contribution >= 0.6 is 0 Å². The lowest BCUT2D eigenvalue weighted by Gasteiger charge is -2.42. The van der Waals surface area contributed by atoms with Crippen molar-refractivity contribution in [2.24, 2.45) is 0 Å². The molecule has 2 atom stereocenters.